The van der Waals surface area contributed by atoms with Crippen molar-refractivity contribution >= 4 is 11.6 Å². The van der Waals surface area contributed by atoms with Crippen molar-refractivity contribution in [2.45, 2.75) is 19.3 Å². The summed E-state index contributed by atoms with van der Waals surface area (Å²) in [4.78, 5) is 0. The van der Waals surface area contributed by atoms with Crippen LogP contribution in [0.25, 0.3) is 0 Å². The van der Waals surface area contributed by atoms with Crippen LogP contribution in [-0.2, 0) is 19.3 Å². The Morgan fingerprint density at radius 3 is 2.48 bits per heavy atom. The fraction of sp³-hybridized carbons (Fsp3) is 0.200. The molecule has 0 aromatic heterocycles. The van der Waals surface area contributed by atoms with Crippen molar-refractivity contribution in [2.75, 3.05) is 0 Å². The van der Waals surface area contributed by atoms with Crippen molar-refractivity contribution in [1.29, 1.82) is 0 Å². The summed E-state index contributed by atoms with van der Waals surface area (Å²) in [6.45, 7) is 0.203. The molecule has 0 saturated heterocycles. The van der Waals surface area contributed by atoms with Crippen LogP contribution in [0.4, 0.5) is 13.2 Å². The van der Waals surface area contributed by atoms with E-state index >= 15 is 0 Å². The fourth-order valence-corrected chi connectivity index (χ4v) is 2.11. The Morgan fingerprint density at radius 1 is 1.10 bits per heavy atom. The first-order valence-electron chi connectivity index (χ1n) is 6.18. The van der Waals surface area contributed by atoms with Gasteiger partial charge in [0.1, 0.15) is 12.4 Å². The summed E-state index contributed by atoms with van der Waals surface area (Å²) >= 11 is 5.99. The molecule has 0 unspecified atom stereocenters. The SMILES string of the molecule is NCc1c(Cl)cccc1OCc1cccc(C(F)(F)F)c1. The van der Waals surface area contributed by atoms with Crippen LogP contribution < -0.4 is 10.5 Å². The molecular formula is C15H13ClF3NO. The number of alkyl halides is 3. The van der Waals surface area contributed by atoms with Gasteiger partial charge in [0.2, 0.25) is 0 Å². The predicted octanol–water partition coefficient (Wildman–Crippen LogP) is 4.40. The van der Waals surface area contributed by atoms with Crippen molar-refractivity contribution in [1.82, 2.24) is 0 Å². The summed E-state index contributed by atoms with van der Waals surface area (Å²) in [5.41, 5.74) is 5.94. The summed E-state index contributed by atoms with van der Waals surface area (Å²) in [5.74, 6) is 0.474. The molecule has 0 aliphatic rings. The van der Waals surface area contributed by atoms with Gasteiger partial charge in [-0.15, -0.1) is 0 Å². The van der Waals surface area contributed by atoms with Crippen LogP contribution in [0.1, 0.15) is 16.7 Å². The van der Waals surface area contributed by atoms with Gasteiger partial charge in [0, 0.05) is 17.1 Å². The van der Waals surface area contributed by atoms with E-state index in [1.54, 1.807) is 24.3 Å². The zero-order chi connectivity index (χ0) is 15.5. The van der Waals surface area contributed by atoms with Crippen molar-refractivity contribution in [3.63, 3.8) is 0 Å². The molecule has 2 nitrogen and oxygen atoms in total. The van der Waals surface area contributed by atoms with Gasteiger partial charge in [-0.3, -0.25) is 0 Å². The summed E-state index contributed by atoms with van der Waals surface area (Å²) in [7, 11) is 0. The highest BCUT2D eigenvalue weighted by Gasteiger charge is 2.30. The lowest BCUT2D eigenvalue weighted by Crippen LogP contribution is -2.07. The van der Waals surface area contributed by atoms with Crippen molar-refractivity contribution in [2.24, 2.45) is 5.73 Å². The molecule has 0 atom stereocenters. The highest BCUT2D eigenvalue weighted by molar-refractivity contribution is 6.31. The van der Waals surface area contributed by atoms with E-state index in [4.69, 9.17) is 22.1 Å². The zero-order valence-electron chi connectivity index (χ0n) is 11.0. The molecule has 2 aromatic rings. The lowest BCUT2D eigenvalue weighted by atomic mass is 10.1. The Bertz CT molecular complexity index is 629. The third-order valence-electron chi connectivity index (χ3n) is 2.93. The molecule has 0 bridgehead atoms. The first-order chi connectivity index (χ1) is 9.91. The molecule has 0 aliphatic carbocycles. The summed E-state index contributed by atoms with van der Waals surface area (Å²) in [6, 6.07) is 10.1. The van der Waals surface area contributed by atoms with E-state index in [-0.39, 0.29) is 13.2 Å². The first-order valence-corrected chi connectivity index (χ1v) is 6.56. The second-order valence-corrected chi connectivity index (χ2v) is 4.81. The van der Waals surface area contributed by atoms with Crippen molar-refractivity contribution < 1.29 is 17.9 Å². The quantitative estimate of drug-likeness (QED) is 0.907. The fourth-order valence-electron chi connectivity index (χ4n) is 1.87. The van der Waals surface area contributed by atoms with Crippen LogP contribution in [-0.4, -0.2) is 0 Å². The van der Waals surface area contributed by atoms with Crippen LogP contribution in [0.5, 0.6) is 5.75 Å². The smallest absolute Gasteiger partial charge is 0.416 e. The molecule has 2 aromatic carbocycles. The minimum atomic E-state index is -4.37. The monoisotopic (exact) mass is 315 g/mol. The third-order valence-corrected chi connectivity index (χ3v) is 3.28. The maximum absolute atomic E-state index is 12.6. The first kappa shape index (κ1) is 15.7. The zero-order valence-corrected chi connectivity index (χ0v) is 11.7. The number of hydrogen-bond donors (Lipinski definition) is 1. The molecule has 0 heterocycles. The Morgan fingerprint density at radius 2 is 1.81 bits per heavy atom. The summed E-state index contributed by atoms with van der Waals surface area (Å²) in [6.07, 6.45) is -4.37. The van der Waals surface area contributed by atoms with Gasteiger partial charge in [-0.2, -0.15) is 13.2 Å². The number of nitrogens with two attached hydrogens (primary N) is 1. The molecule has 6 heteroatoms. The van der Waals surface area contributed by atoms with E-state index in [2.05, 4.69) is 0 Å². The molecule has 0 spiro atoms. The lowest BCUT2D eigenvalue weighted by molar-refractivity contribution is -0.137. The highest BCUT2D eigenvalue weighted by Crippen LogP contribution is 2.30. The molecule has 21 heavy (non-hydrogen) atoms. The van der Waals surface area contributed by atoms with Gasteiger partial charge in [-0.05, 0) is 29.8 Å². The van der Waals surface area contributed by atoms with Crippen LogP contribution >= 0.6 is 11.6 Å². The van der Waals surface area contributed by atoms with Crippen LogP contribution in [0.2, 0.25) is 5.02 Å². The van der Waals surface area contributed by atoms with Crippen LogP contribution in [0.3, 0.4) is 0 Å². The van der Waals surface area contributed by atoms with Gasteiger partial charge < -0.3 is 10.5 Å². The van der Waals surface area contributed by atoms with Gasteiger partial charge in [0.05, 0.1) is 5.56 Å². The number of rotatable bonds is 4. The van der Waals surface area contributed by atoms with Gasteiger partial charge in [0.15, 0.2) is 0 Å². The van der Waals surface area contributed by atoms with E-state index in [9.17, 15) is 13.2 Å². The van der Waals surface area contributed by atoms with Crippen LogP contribution in [0.15, 0.2) is 42.5 Å². The number of ether oxygens (including phenoxy) is 1. The van der Waals surface area contributed by atoms with Gasteiger partial charge in [-0.1, -0.05) is 29.8 Å². The Hall–Kier alpha value is -1.72. The van der Waals surface area contributed by atoms with E-state index < -0.39 is 11.7 Å². The standard InChI is InChI=1S/C15H13ClF3NO/c16-13-5-2-6-14(12(13)8-20)21-9-10-3-1-4-11(7-10)15(17,18)19/h1-7H,8-9,20H2. The average Bonchev–Trinajstić information content (AvgIpc) is 2.44. The van der Waals surface area contributed by atoms with Gasteiger partial charge >= 0.3 is 6.18 Å². The molecule has 0 aliphatic heterocycles. The molecule has 112 valence electrons. The van der Waals surface area contributed by atoms with E-state index in [1.807, 2.05) is 0 Å². The second kappa shape index (κ2) is 6.37. The lowest BCUT2D eigenvalue weighted by Gasteiger charge is -2.13. The van der Waals surface area contributed by atoms with E-state index in [0.29, 0.717) is 21.9 Å². The second-order valence-electron chi connectivity index (χ2n) is 4.41. The number of halogens is 4. The molecule has 0 fully saturated rings. The Kier molecular flexibility index (Phi) is 4.75. The van der Waals surface area contributed by atoms with E-state index in [0.717, 1.165) is 12.1 Å². The Labute approximate surface area is 125 Å². The van der Waals surface area contributed by atoms with Crippen molar-refractivity contribution in [3.05, 3.63) is 64.2 Å². The normalized spacial score (nSPS) is 11.5. The van der Waals surface area contributed by atoms with Crippen LogP contribution in [0, 0.1) is 0 Å². The third kappa shape index (κ3) is 3.89. The predicted molar refractivity (Wildman–Crippen MR) is 75.1 cm³/mol. The van der Waals surface area contributed by atoms with Gasteiger partial charge in [0.25, 0.3) is 0 Å². The van der Waals surface area contributed by atoms with E-state index in [1.165, 1.54) is 6.07 Å². The summed E-state index contributed by atoms with van der Waals surface area (Å²) in [5, 5.41) is 0.471. The molecule has 0 saturated carbocycles. The summed E-state index contributed by atoms with van der Waals surface area (Å²) < 4.78 is 43.4. The minimum absolute atomic E-state index is 0.0112. The maximum Gasteiger partial charge on any atom is 0.416 e. The largest absolute Gasteiger partial charge is 0.489 e. The average molecular weight is 316 g/mol. The molecule has 0 radical (unpaired) electrons. The maximum atomic E-state index is 12.6. The highest BCUT2D eigenvalue weighted by atomic mass is 35.5. The molecule has 2 N–H and O–H groups in total. The number of hydrogen-bond acceptors (Lipinski definition) is 2. The number of benzene rings is 2. The Balaban J connectivity index is 2.16. The molecule has 2 rings (SSSR count). The minimum Gasteiger partial charge on any atom is -0.489 e. The molecule has 0 amide bonds. The molecular weight excluding hydrogens is 303 g/mol. The van der Waals surface area contributed by atoms with Gasteiger partial charge in [-0.25, -0.2) is 0 Å². The van der Waals surface area contributed by atoms with Crippen molar-refractivity contribution in [3.8, 4) is 5.75 Å². The topological polar surface area (TPSA) is 35.2 Å².